The molecule has 1 saturated carbocycles. The summed E-state index contributed by atoms with van der Waals surface area (Å²) in [5.74, 6) is 0.861. The van der Waals surface area contributed by atoms with Gasteiger partial charge in [-0.15, -0.1) is 0 Å². The van der Waals surface area contributed by atoms with Crippen molar-refractivity contribution in [3.05, 3.63) is 71.8 Å². The van der Waals surface area contributed by atoms with Gasteiger partial charge in [-0.05, 0) is 48.6 Å². The first-order chi connectivity index (χ1) is 14.1. The summed E-state index contributed by atoms with van der Waals surface area (Å²) in [5, 5.41) is 11.4. The molecule has 0 unspecified atom stereocenters. The molecule has 2 fully saturated rings. The average molecular weight is 392 g/mol. The minimum atomic E-state index is -0.678. The van der Waals surface area contributed by atoms with Crippen LogP contribution >= 0.6 is 0 Å². The predicted octanol–water partition coefficient (Wildman–Crippen LogP) is 4.60. The molecule has 4 nitrogen and oxygen atoms in total. The first-order valence-electron chi connectivity index (χ1n) is 10.5. The molecular weight excluding hydrogens is 362 g/mol. The standard InChI is InChI=1S/C25H29NO3/c1-29-21-13-11-20(12-14-21)24-22-9-5-6-16-25(22,28)17-18-26(24)23(27)15-10-19-7-3-2-4-8-19/h2-4,7-8,10-15,22,24,28H,5-6,9,16-18H2,1H3/b15-10+/t22-,24+,25-/m0/s1. The SMILES string of the molecule is COc1ccc([C@@H]2[C@@H]3CCCC[C@]3(O)CCN2C(=O)/C=C/c2ccccc2)cc1. The summed E-state index contributed by atoms with van der Waals surface area (Å²) in [7, 11) is 1.65. The number of hydrogen-bond acceptors (Lipinski definition) is 3. The molecular formula is C25H29NO3. The number of carbonyl (C=O) groups excluding carboxylic acids is 1. The zero-order valence-corrected chi connectivity index (χ0v) is 17.0. The maximum absolute atomic E-state index is 13.2. The lowest BCUT2D eigenvalue weighted by Crippen LogP contribution is -2.56. The summed E-state index contributed by atoms with van der Waals surface area (Å²) in [4.78, 5) is 15.1. The number of piperidine rings is 1. The van der Waals surface area contributed by atoms with Gasteiger partial charge in [0, 0.05) is 18.5 Å². The molecule has 3 atom stereocenters. The van der Waals surface area contributed by atoms with E-state index < -0.39 is 5.60 Å². The molecule has 0 radical (unpaired) electrons. The maximum atomic E-state index is 13.2. The van der Waals surface area contributed by atoms with E-state index in [4.69, 9.17) is 4.74 Å². The molecule has 1 aliphatic heterocycles. The van der Waals surface area contributed by atoms with E-state index in [2.05, 4.69) is 0 Å². The zero-order chi connectivity index (χ0) is 20.3. The van der Waals surface area contributed by atoms with Gasteiger partial charge in [0.05, 0.1) is 18.8 Å². The highest BCUT2D eigenvalue weighted by Crippen LogP contribution is 2.49. The predicted molar refractivity (Wildman–Crippen MR) is 114 cm³/mol. The molecule has 1 aliphatic carbocycles. The van der Waals surface area contributed by atoms with E-state index in [1.807, 2.05) is 65.6 Å². The fraction of sp³-hybridized carbons (Fsp3) is 0.400. The van der Waals surface area contributed by atoms with Gasteiger partial charge in [0.2, 0.25) is 5.91 Å². The van der Waals surface area contributed by atoms with Crippen molar-refractivity contribution in [1.29, 1.82) is 0 Å². The molecule has 4 heteroatoms. The van der Waals surface area contributed by atoms with Crippen molar-refractivity contribution in [1.82, 2.24) is 4.90 Å². The monoisotopic (exact) mass is 391 g/mol. The van der Waals surface area contributed by atoms with Gasteiger partial charge in [0.1, 0.15) is 5.75 Å². The third kappa shape index (κ3) is 4.08. The van der Waals surface area contributed by atoms with Crippen molar-refractivity contribution >= 4 is 12.0 Å². The maximum Gasteiger partial charge on any atom is 0.247 e. The van der Waals surface area contributed by atoms with E-state index in [0.717, 1.165) is 42.6 Å². The van der Waals surface area contributed by atoms with Gasteiger partial charge in [0.15, 0.2) is 0 Å². The second-order valence-corrected chi connectivity index (χ2v) is 8.20. The Hall–Kier alpha value is -2.59. The number of amides is 1. The van der Waals surface area contributed by atoms with Crippen molar-refractivity contribution in [2.75, 3.05) is 13.7 Å². The number of hydrogen-bond donors (Lipinski definition) is 1. The van der Waals surface area contributed by atoms with E-state index in [-0.39, 0.29) is 17.9 Å². The third-order valence-corrected chi connectivity index (χ3v) is 6.53. The van der Waals surface area contributed by atoms with E-state index in [9.17, 15) is 9.90 Å². The first-order valence-corrected chi connectivity index (χ1v) is 10.5. The molecule has 4 rings (SSSR count). The van der Waals surface area contributed by atoms with Gasteiger partial charge in [-0.25, -0.2) is 0 Å². The fourth-order valence-corrected chi connectivity index (χ4v) is 4.97. The molecule has 0 aromatic heterocycles. The summed E-state index contributed by atoms with van der Waals surface area (Å²) in [6, 6.07) is 17.7. The molecule has 29 heavy (non-hydrogen) atoms. The van der Waals surface area contributed by atoms with Crippen molar-refractivity contribution in [2.24, 2.45) is 5.92 Å². The van der Waals surface area contributed by atoms with Crippen LogP contribution in [0.4, 0.5) is 0 Å². The quantitative estimate of drug-likeness (QED) is 0.775. The number of fused-ring (bicyclic) bond motifs is 1. The van der Waals surface area contributed by atoms with Crippen LogP contribution in [-0.4, -0.2) is 35.2 Å². The number of methoxy groups -OCH3 is 1. The number of aliphatic hydroxyl groups is 1. The van der Waals surface area contributed by atoms with E-state index >= 15 is 0 Å². The van der Waals surface area contributed by atoms with E-state index in [1.54, 1.807) is 13.2 Å². The van der Waals surface area contributed by atoms with Crippen LogP contribution in [0.25, 0.3) is 6.08 Å². The minimum Gasteiger partial charge on any atom is -0.497 e. The Labute approximate surface area is 172 Å². The van der Waals surface area contributed by atoms with Gasteiger partial charge in [-0.2, -0.15) is 0 Å². The Morgan fingerprint density at radius 3 is 2.59 bits per heavy atom. The van der Waals surface area contributed by atoms with Crippen LogP contribution in [0.2, 0.25) is 0 Å². The van der Waals surface area contributed by atoms with Gasteiger partial charge in [-0.3, -0.25) is 4.79 Å². The van der Waals surface area contributed by atoms with Crippen molar-refractivity contribution in [3.8, 4) is 5.75 Å². The Morgan fingerprint density at radius 2 is 1.86 bits per heavy atom. The van der Waals surface area contributed by atoms with Crippen LogP contribution in [0.5, 0.6) is 5.75 Å². The highest BCUT2D eigenvalue weighted by molar-refractivity contribution is 5.92. The summed E-state index contributed by atoms with van der Waals surface area (Å²) < 4.78 is 5.30. The first kappa shape index (κ1) is 19.7. The lowest BCUT2D eigenvalue weighted by Gasteiger charge is -2.52. The van der Waals surface area contributed by atoms with Gasteiger partial charge >= 0.3 is 0 Å². The van der Waals surface area contributed by atoms with Crippen LogP contribution in [0.1, 0.15) is 49.3 Å². The number of carbonyl (C=O) groups is 1. The van der Waals surface area contributed by atoms with Crippen LogP contribution in [0.3, 0.4) is 0 Å². The number of likely N-dealkylation sites (tertiary alicyclic amines) is 1. The van der Waals surface area contributed by atoms with Gasteiger partial charge < -0.3 is 14.7 Å². The van der Waals surface area contributed by atoms with Crippen LogP contribution in [-0.2, 0) is 4.79 Å². The van der Waals surface area contributed by atoms with Crippen LogP contribution in [0, 0.1) is 5.92 Å². The lowest BCUT2D eigenvalue weighted by molar-refractivity contribution is -0.150. The largest absolute Gasteiger partial charge is 0.497 e. The number of nitrogens with zero attached hydrogens (tertiary/aromatic N) is 1. The molecule has 1 amide bonds. The number of benzene rings is 2. The summed E-state index contributed by atoms with van der Waals surface area (Å²) >= 11 is 0. The highest BCUT2D eigenvalue weighted by atomic mass is 16.5. The average Bonchev–Trinajstić information content (AvgIpc) is 2.77. The Morgan fingerprint density at radius 1 is 1.10 bits per heavy atom. The Kier molecular flexibility index (Phi) is 5.72. The minimum absolute atomic E-state index is 0.00212. The smallest absolute Gasteiger partial charge is 0.247 e. The highest BCUT2D eigenvalue weighted by Gasteiger charge is 2.49. The second kappa shape index (κ2) is 8.42. The molecule has 152 valence electrons. The Balaban J connectivity index is 1.65. The second-order valence-electron chi connectivity index (χ2n) is 8.20. The van der Waals surface area contributed by atoms with Crippen LogP contribution in [0.15, 0.2) is 60.7 Å². The van der Waals surface area contributed by atoms with Gasteiger partial charge in [0.25, 0.3) is 0 Å². The number of rotatable bonds is 4. The van der Waals surface area contributed by atoms with Crippen LogP contribution < -0.4 is 4.74 Å². The Bertz CT molecular complexity index is 861. The van der Waals surface area contributed by atoms with Crippen molar-refractivity contribution in [2.45, 2.75) is 43.7 Å². The summed E-state index contributed by atoms with van der Waals surface area (Å²) in [6.07, 6.45) is 8.11. The van der Waals surface area contributed by atoms with E-state index in [1.165, 1.54) is 0 Å². The third-order valence-electron chi connectivity index (χ3n) is 6.53. The molecule has 1 N–H and O–H groups in total. The molecule has 0 spiro atoms. The van der Waals surface area contributed by atoms with Crippen molar-refractivity contribution < 1.29 is 14.6 Å². The molecule has 1 saturated heterocycles. The zero-order valence-electron chi connectivity index (χ0n) is 17.0. The fourth-order valence-electron chi connectivity index (χ4n) is 4.97. The number of ether oxygens (including phenoxy) is 1. The molecule has 1 heterocycles. The molecule has 2 aromatic rings. The van der Waals surface area contributed by atoms with Gasteiger partial charge in [-0.1, -0.05) is 55.3 Å². The summed E-state index contributed by atoms with van der Waals surface area (Å²) in [5.41, 5.74) is 1.40. The lowest BCUT2D eigenvalue weighted by atomic mass is 9.66. The molecule has 2 aliphatic rings. The molecule has 0 bridgehead atoms. The normalized spacial score (nSPS) is 26.9. The topological polar surface area (TPSA) is 49.8 Å². The summed E-state index contributed by atoms with van der Waals surface area (Å²) in [6.45, 7) is 0.571. The molecule has 2 aromatic carbocycles. The van der Waals surface area contributed by atoms with E-state index in [0.29, 0.717) is 13.0 Å². The van der Waals surface area contributed by atoms with Crippen molar-refractivity contribution in [3.63, 3.8) is 0 Å².